The van der Waals surface area contributed by atoms with Crippen LogP contribution in [0.15, 0.2) is 11.8 Å². The van der Waals surface area contributed by atoms with Gasteiger partial charge in [0, 0.05) is 0 Å². The minimum atomic E-state index is 0.655. The molecule has 0 bridgehead atoms. The summed E-state index contributed by atoms with van der Waals surface area (Å²) in [5.41, 5.74) is 1.46. The molecule has 0 saturated heterocycles. The van der Waals surface area contributed by atoms with Crippen LogP contribution in [-0.2, 0) is 4.74 Å². The Morgan fingerprint density at radius 1 is 1.60 bits per heavy atom. The molecule has 1 aliphatic rings. The monoisotopic (exact) mass is 140 g/mol. The van der Waals surface area contributed by atoms with Gasteiger partial charge in [0.1, 0.15) is 0 Å². The van der Waals surface area contributed by atoms with Gasteiger partial charge < -0.3 is 4.74 Å². The second kappa shape index (κ2) is 3.09. The van der Waals surface area contributed by atoms with Crippen LogP contribution in [0.2, 0.25) is 0 Å². The van der Waals surface area contributed by atoms with Crippen molar-refractivity contribution in [1.29, 1.82) is 0 Å². The van der Waals surface area contributed by atoms with Crippen LogP contribution < -0.4 is 0 Å². The summed E-state index contributed by atoms with van der Waals surface area (Å²) in [5, 5.41) is 0. The summed E-state index contributed by atoms with van der Waals surface area (Å²) in [5.74, 6) is 1.37. The third kappa shape index (κ3) is 1.76. The Hall–Kier alpha value is -0.460. The molecule has 0 aromatic carbocycles. The molecule has 1 atom stereocenters. The van der Waals surface area contributed by atoms with E-state index in [0.29, 0.717) is 11.8 Å². The first-order valence-electron chi connectivity index (χ1n) is 4.00. The molecule has 1 heterocycles. The number of hydrogen-bond donors (Lipinski definition) is 0. The normalized spacial score (nSPS) is 26.0. The van der Waals surface area contributed by atoms with Crippen molar-refractivity contribution >= 4 is 0 Å². The fourth-order valence-corrected chi connectivity index (χ4v) is 1.20. The van der Waals surface area contributed by atoms with Crippen molar-refractivity contribution in [3.05, 3.63) is 11.8 Å². The highest BCUT2D eigenvalue weighted by molar-refractivity contribution is 5.04. The van der Waals surface area contributed by atoms with Crippen molar-refractivity contribution < 1.29 is 4.74 Å². The molecule has 0 spiro atoms. The molecule has 0 fully saturated rings. The first kappa shape index (κ1) is 7.64. The van der Waals surface area contributed by atoms with E-state index in [4.69, 9.17) is 4.74 Å². The topological polar surface area (TPSA) is 9.23 Å². The lowest BCUT2D eigenvalue weighted by molar-refractivity contribution is 0.174. The van der Waals surface area contributed by atoms with E-state index in [1.54, 1.807) is 0 Å². The summed E-state index contributed by atoms with van der Waals surface area (Å²) in [6, 6.07) is 0. The van der Waals surface area contributed by atoms with Gasteiger partial charge in [0.05, 0.1) is 12.9 Å². The molecule has 1 nitrogen and oxygen atoms in total. The first-order valence-corrected chi connectivity index (χ1v) is 4.00. The van der Waals surface area contributed by atoms with E-state index in [1.807, 2.05) is 6.26 Å². The van der Waals surface area contributed by atoms with Gasteiger partial charge in [-0.25, -0.2) is 0 Å². The highest BCUT2D eigenvalue weighted by atomic mass is 16.5. The summed E-state index contributed by atoms with van der Waals surface area (Å²) in [4.78, 5) is 0. The van der Waals surface area contributed by atoms with Crippen LogP contribution in [0.1, 0.15) is 27.2 Å². The fraction of sp³-hybridized carbons (Fsp3) is 0.778. The van der Waals surface area contributed by atoms with Crippen LogP contribution in [0.25, 0.3) is 0 Å². The fourth-order valence-electron chi connectivity index (χ4n) is 1.20. The molecule has 1 rings (SSSR count). The molecule has 0 aromatic rings. The molecule has 1 unspecified atom stereocenters. The molecule has 0 aliphatic carbocycles. The van der Waals surface area contributed by atoms with E-state index in [-0.39, 0.29) is 0 Å². The van der Waals surface area contributed by atoms with Gasteiger partial charge in [-0.3, -0.25) is 0 Å². The molecule has 0 aromatic heterocycles. The van der Waals surface area contributed by atoms with Crippen LogP contribution in [0.3, 0.4) is 0 Å². The van der Waals surface area contributed by atoms with Crippen LogP contribution in [0.4, 0.5) is 0 Å². The van der Waals surface area contributed by atoms with Gasteiger partial charge >= 0.3 is 0 Å². The molecule has 0 N–H and O–H groups in total. The van der Waals surface area contributed by atoms with Gasteiger partial charge in [0.2, 0.25) is 0 Å². The second-order valence-electron chi connectivity index (χ2n) is 3.49. The van der Waals surface area contributed by atoms with Crippen molar-refractivity contribution in [1.82, 2.24) is 0 Å². The average Bonchev–Trinajstić information content (AvgIpc) is 1.88. The van der Waals surface area contributed by atoms with Crippen molar-refractivity contribution in [3.63, 3.8) is 0 Å². The van der Waals surface area contributed by atoms with Gasteiger partial charge in [-0.1, -0.05) is 20.8 Å². The molecular formula is C9H16O. The molecule has 0 saturated carbocycles. The zero-order valence-corrected chi connectivity index (χ0v) is 7.05. The van der Waals surface area contributed by atoms with E-state index in [9.17, 15) is 0 Å². The van der Waals surface area contributed by atoms with E-state index in [1.165, 1.54) is 12.0 Å². The van der Waals surface area contributed by atoms with E-state index in [0.717, 1.165) is 6.61 Å². The average molecular weight is 140 g/mol. The lowest BCUT2D eigenvalue weighted by Crippen LogP contribution is -2.12. The van der Waals surface area contributed by atoms with Crippen LogP contribution in [-0.4, -0.2) is 6.61 Å². The Morgan fingerprint density at radius 2 is 2.30 bits per heavy atom. The van der Waals surface area contributed by atoms with E-state index < -0.39 is 0 Å². The Morgan fingerprint density at radius 3 is 2.70 bits per heavy atom. The van der Waals surface area contributed by atoms with Crippen LogP contribution in [0, 0.1) is 11.8 Å². The maximum Gasteiger partial charge on any atom is 0.0901 e. The summed E-state index contributed by atoms with van der Waals surface area (Å²) < 4.78 is 5.29. The molecular weight excluding hydrogens is 124 g/mol. The number of hydrogen-bond acceptors (Lipinski definition) is 1. The zero-order valence-electron chi connectivity index (χ0n) is 7.05. The molecule has 0 amide bonds. The third-order valence-corrected chi connectivity index (χ3v) is 1.94. The first-order chi connectivity index (χ1) is 4.70. The summed E-state index contributed by atoms with van der Waals surface area (Å²) >= 11 is 0. The van der Waals surface area contributed by atoms with Gasteiger partial charge in [-0.05, 0) is 23.8 Å². The largest absolute Gasteiger partial charge is 0.501 e. The minimum absolute atomic E-state index is 0.655. The second-order valence-corrected chi connectivity index (χ2v) is 3.49. The molecule has 1 aliphatic heterocycles. The predicted molar refractivity (Wildman–Crippen MR) is 42.7 cm³/mol. The quantitative estimate of drug-likeness (QED) is 0.544. The van der Waals surface area contributed by atoms with Gasteiger partial charge in [-0.2, -0.15) is 0 Å². The highest BCUT2D eigenvalue weighted by Gasteiger charge is 2.13. The van der Waals surface area contributed by atoms with Crippen molar-refractivity contribution in [2.45, 2.75) is 27.2 Å². The Kier molecular flexibility index (Phi) is 2.36. The SMILES string of the molecule is CC1COC=C(C(C)C)C1. The summed E-state index contributed by atoms with van der Waals surface area (Å²) in [6.45, 7) is 7.56. The predicted octanol–water partition coefficient (Wildman–Crippen LogP) is 2.58. The summed E-state index contributed by atoms with van der Waals surface area (Å²) in [7, 11) is 0. The molecule has 10 heavy (non-hydrogen) atoms. The van der Waals surface area contributed by atoms with Gasteiger partial charge in [0.25, 0.3) is 0 Å². The Labute approximate surface area is 63.1 Å². The standard InChI is InChI=1S/C9H16O/c1-7(2)9-4-8(3)5-10-6-9/h6-8H,4-5H2,1-3H3. The molecule has 58 valence electrons. The maximum atomic E-state index is 5.29. The van der Waals surface area contributed by atoms with Crippen LogP contribution >= 0.6 is 0 Å². The number of ether oxygens (including phenoxy) is 1. The Balaban J connectivity index is 2.51. The van der Waals surface area contributed by atoms with E-state index >= 15 is 0 Å². The highest BCUT2D eigenvalue weighted by Crippen LogP contribution is 2.23. The Bertz CT molecular complexity index is 136. The van der Waals surface area contributed by atoms with E-state index in [2.05, 4.69) is 20.8 Å². The van der Waals surface area contributed by atoms with Gasteiger partial charge in [0.15, 0.2) is 0 Å². The third-order valence-electron chi connectivity index (χ3n) is 1.94. The minimum Gasteiger partial charge on any atom is -0.501 e. The number of rotatable bonds is 1. The van der Waals surface area contributed by atoms with Crippen LogP contribution in [0.5, 0.6) is 0 Å². The maximum absolute atomic E-state index is 5.29. The van der Waals surface area contributed by atoms with Crippen molar-refractivity contribution in [2.75, 3.05) is 6.61 Å². The van der Waals surface area contributed by atoms with Crippen molar-refractivity contribution in [3.8, 4) is 0 Å². The summed E-state index contributed by atoms with van der Waals surface area (Å²) in [6.07, 6.45) is 3.16. The zero-order chi connectivity index (χ0) is 7.56. The van der Waals surface area contributed by atoms with Crippen molar-refractivity contribution in [2.24, 2.45) is 11.8 Å². The van der Waals surface area contributed by atoms with Gasteiger partial charge in [-0.15, -0.1) is 0 Å². The smallest absolute Gasteiger partial charge is 0.0901 e. The number of allylic oxidation sites excluding steroid dienone is 1. The molecule has 0 radical (unpaired) electrons. The lowest BCUT2D eigenvalue weighted by Gasteiger charge is -2.21. The molecule has 1 heteroatoms. The lowest BCUT2D eigenvalue weighted by atomic mass is 9.93.